The second-order valence-electron chi connectivity index (χ2n) is 7.65. The van der Waals surface area contributed by atoms with Crippen molar-refractivity contribution in [3.63, 3.8) is 0 Å². The number of carbonyl (C=O) groups is 3. The Bertz CT molecular complexity index is 767. The lowest BCUT2D eigenvalue weighted by atomic mass is 9.72. The molecule has 1 aliphatic heterocycles. The minimum Gasteiger partial charge on any atom is -0.387 e. The van der Waals surface area contributed by atoms with Crippen molar-refractivity contribution < 1.29 is 19.1 Å². The van der Waals surface area contributed by atoms with Crippen LogP contribution < -0.4 is 0 Å². The largest absolute Gasteiger partial charge is 0.387 e. The van der Waals surface area contributed by atoms with Crippen molar-refractivity contribution in [2.24, 2.45) is 5.41 Å². The second-order valence-corrected chi connectivity index (χ2v) is 7.65. The van der Waals surface area contributed by atoms with E-state index in [0.29, 0.717) is 0 Å². The molecule has 0 atom stereocenters. The summed E-state index contributed by atoms with van der Waals surface area (Å²) in [6.45, 7) is 10.9. The Hall–Kier alpha value is -2.75. The molecule has 0 unspecified atom stereocenters. The Morgan fingerprint density at radius 3 is 2.14 bits per heavy atom. The molecule has 0 N–H and O–H groups in total. The summed E-state index contributed by atoms with van der Waals surface area (Å²) in [7, 11) is 0. The highest BCUT2D eigenvalue weighted by atomic mass is 16.6. The van der Waals surface area contributed by atoms with Gasteiger partial charge in [0.15, 0.2) is 0 Å². The zero-order valence-electron chi connectivity index (χ0n) is 17.5. The van der Waals surface area contributed by atoms with Crippen LogP contribution in [0.25, 0.3) is 0 Å². The van der Waals surface area contributed by atoms with Gasteiger partial charge in [-0.15, -0.1) is 0 Å². The number of allylic oxidation sites excluding steroid dienone is 10. The van der Waals surface area contributed by atoms with Crippen LogP contribution in [0.15, 0.2) is 70.9 Å². The minimum atomic E-state index is -0.579. The zero-order chi connectivity index (χ0) is 21.2. The molecule has 0 aromatic rings. The van der Waals surface area contributed by atoms with Gasteiger partial charge < -0.3 is 4.74 Å². The van der Waals surface area contributed by atoms with Crippen LogP contribution in [0.3, 0.4) is 0 Å². The normalized spacial score (nSPS) is 19.9. The van der Waals surface area contributed by atoms with Crippen LogP contribution in [-0.4, -0.2) is 18.2 Å². The van der Waals surface area contributed by atoms with E-state index in [2.05, 4.69) is 50.7 Å². The highest BCUT2D eigenvalue weighted by molar-refractivity contribution is 6.04. The molecule has 4 nitrogen and oxygen atoms in total. The number of esters is 2. The molecule has 0 aromatic carbocycles. The summed E-state index contributed by atoms with van der Waals surface area (Å²) in [5, 5.41) is 0. The van der Waals surface area contributed by atoms with Gasteiger partial charge in [-0.1, -0.05) is 55.4 Å². The van der Waals surface area contributed by atoms with Gasteiger partial charge in [0.05, 0.1) is 0 Å². The highest BCUT2D eigenvalue weighted by Gasteiger charge is 2.26. The Morgan fingerprint density at radius 2 is 1.64 bits per heavy atom. The zero-order valence-corrected chi connectivity index (χ0v) is 17.5. The molecular weight excluding hydrogens is 352 g/mol. The first-order valence-corrected chi connectivity index (χ1v) is 9.45. The second kappa shape index (κ2) is 11.2. The quantitative estimate of drug-likeness (QED) is 0.212. The van der Waals surface area contributed by atoms with E-state index in [9.17, 15) is 14.4 Å². The standard InChI is InChI=1S/C20H28O.C4H2O3/c1-16(8-6-9-17(2)13-15-21)11-12-19-18(3)10-7-14-20(19,4)5;5-3-1-2-4(6)7-3/h6,8-9,11-13,15H,7,10,14H2,1-5H3;1-2H/b9-6+,12-11+,16-8+,17-13+;. The van der Waals surface area contributed by atoms with Crippen LogP contribution in [0.4, 0.5) is 0 Å². The first-order chi connectivity index (χ1) is 13.2. The average Bonchev–Trinajstić information content (AvgIpc) is 2.97. The summed E-state index contributed by atoms with van der Waals surface area (Å²) < 4.78 is 3.97. The molecule has 0 saturated heterocycles. The lowest BCUT2D eigenvalue weighted by Crippen LogP contribution is -2.19. The van der Waals surface area contributed by atoms with E-state index in [4.69, 9.17) is 0 Å². The summed E-state index contributed by atoms with van der Waals surface area (Å²) >= 11 is 0. The monoisotopic (exact) mass is 382 g/mol. The topological polar surface area (TPSA) is 60.4 Å². The van der Waals surface area contributed by atoms with Crippen molar-refractivity contribution in [3.8, 4) is 0 Å². The van der Waals surface area contributed by atoms with Gasteiger partial charge in [-0.3, -0.25) is 4.79 Å². The van der Waals surface area contributed by atoms with Crippen molar-refractivity contribution in [1.29, 1.82) is 0 Å². The molecule has 0 aromatic heterocycles. The fourth-order valence-corrected chi connectivity index (χ4v) is 3.10. The van der Waals surface area contributed by atoms with Gasteiger partial charge in [0.2, 0.25) is 0 Å². The molecule has 1 heterocycles. The number of hydrogen-bond donors (Lipinski definition) is 0. The van der Waals surface area contributed by atoms with Gasteiger partial charge in [0.1, 0.15) is 6.29 Å². The average molecular weight is 383 g/mol. The molecule has 150 valence electrons. The van der Waals surface area contributed by atoms with Crippen LogP contribution in [0.1, 0.15) is 53.9 Å². The molecule has 0 amide bonds. The fourth-order valence-electron chi connectivity index (χ4n) is 3.10. The first-order valence-electron chi connectivity index (χ1n) is 9.45. The van der Waals surface area contributed by atoms with Crippen molar-refractivity contribution in [1.82, 2.24) is 0 Å². The van der Waals surface area contributed by atoms with E-state index in [0.717, 1.165) is 24.0 Å². The lowest BCUT2D eigenvalue weighted by molar-refractivity contribution is -0.150. The molecule has 28 heavy (non-hydrogen) atoms. The molecule has 0 saturated carbocycles. The first kappa shape index (κ1) is 23.3. The predicted octanol–water partition coefficient (Wildman–Crippen LogP) is 5.34. The molecule has 0 fully saturated rings. The maximum absolute atomic E-state index is 10.3. The summed E-state index contributed by atoms with van der Waals surface area (Å²) in [4.78, 5) is 30.2. The molecule has 0 spiro atoms. The molecule has 2 rings (SSSR count). The summed E-state index contributed by atoms with van der Waals surface area (Å²) in [6.07, 6.45) is 18.8. The number of rotatable bonds is 5. The number of hydrogen-bond acceptors (Lipinski definition) is 4. The molecule has 2 aliphatic rings. The Balaban J connectivity index is 0.000000467. The van der Waals surface area contributed by atoms with E-state index in [-0.39, 0.29) is 5.41 Å². The smallest absolute Gasteiger partial charge is 0.338 e. The molecule has 4 heteroatoms. The van der Waals surface area contributed by atoms with Gasteiger partial charge in [-0.05, 0) is 62.7 Å². The van der Waals surface area contributed by atoms with E-state index >= 15 is 0 Å². The van der Waals surface area contributed by atoms with Gasteiger partial charge >= 0.3 is 11.9 Å². The van der Waals surface area contributed by atoms with Gasteiger partial charge in [-0.2, -0.15) is 0 Å². The number of aldehydes is 1. The highest BCUT2D eigenvalue weighted by Crippen LogP contribution is 2.40. The van der Waals surface area contributed by atoms with E-state index in [1.807, 2.05) is 19.1 Å². The molecular formula is C24H30O4. The minimum absolute atomic E-state index is 0.290. The van der Waals surface area contributed by atoms with Crippen LogP contribution in [-0.2, 0) is 19.1 Å². The van der Waals surface area contributed by atoms with Gasteiger partial charge in [0.25, 0.3) is 0 Å². The van der Waals surface area contributed by atoms with Crippen molar-refractivity contribution in [2.45, 2.75) is 53.9 Å². The third kappa shape index (κ3) is 8.30. The van der Waals surface area contributed by atoms with Crippen molar-refractivity contribution >= 4 is 18.2 Å². The van der Waals surface area contributed by atoms with Crippen LogP contribution in [0, 0.1) is 5.41 Å². The van der Waals surface area contributed by atoms with Crippen LogP contribution in [0.2, 0.25) is 0 Å². The predicted molar refractivity (Wildman–Crippen MR) is 112 cm³/mol. The van der Waals surface area contributed by atoms with Gasteiger partial charge in [-0.25, -0.2) is 9.59 Å². The summed E-state index contributed by atoms with van der Waals surface area (Å²) in [5.74, 6) is -1.16. The Kier molecular flexibility index (Phi) is 9.29. The maximum Gasteiger partial charge on any atom is 0.338 e. The van der Waals surface area contributed by atoms with E-state index < -0.39 is 11.9 Å². The van der Waals surface area contributed by atoms with E-state index in [1.165, 1.54) is 36.0 Å². The number of cyclic esters (lactones) is 2. The third-order valence-corrected chi connectivity index (χ3v) is 4.66. The third-order valence-electron chi connectivity index (χ3n) is 4.66. The fraction of sp³-hybridized carbons (Fsp3) is 0.375. The summed E-state index contributed by atoms with van der Waals surface area (Å²) in [5.41, 5.74) is 5.48. The summed E-state index contributed by atoms with van der Waals surface area (Å²) in [6, 6.07) is 0. The van der Waals surface area contributed by atoms with E-state index in [1.54, 1.807) is 6.08 Å². The van der Waals surface area contributed by atoms with Crippen LogP contribution in [0.5, 0.6) is 0 Å². The number of ether oxygens (including phenoxy) is 1. The lowest BCUT2D eigenvalue weighted by Gasteiger charge is -2.32. The van der Waals surface area contributed by atoms with Crippen LogP contribution >= 0.6 is 0 Å². The Morgan fingerprint density at radius 1 is 1.04 bits per heavy atom. The van der Waals surface area contributed by atoms with Crippen molar-refractivity contribution in [2.75, 3.05) is 0 Å². The molecule has 0 radical (unpaired) electrons. The van der Waals surface area contributed by atoms with Crippen molar-refractivity contribution in [3.05, 3.63) is 70.9 Å². The maximum atomic E-state index is 10.3. The Labute approximate surface area is 168 Å². The van der Waals surface area contributed by atoms with Gasteiger partial charge in [0, 0.05) is 12.2 Å². The number of carbonyl (C=O) groups excluding carboxylic acids is 3. The molecule has 1 aliphatic carbocycles. The molecule has 0 bridgehead atoms. The SMILES string of the molecule is CC1=C(/C=C/C(C)=C/C=C/C(C)=C/C=O)C(C)(C)CCC1.O=C1C=CC(=O)O1.